The third-order valence-corrected chi connectivity index (χ3v) is 6.17. The minimum absolute atomic E-state index is 0.0701. The zero-order chi connectivity index (χ0) is 15.1. The molecule has 2 aliphatic rings. The molecule has 2 fully saturated rings. The van der Waals surface area contributed by atoms with Crippen LogP contribution >= 0.6 is 0 Å². The Balaban J connectivity index is 1.54. The van der Waals surface area contributed by atoms with E-state index in [1.807, 2.05) is 12.1 Å². The van der Waals surface area contributed by atoms with Gasteiger partial charge in [0.15, 0.2) is 0 Å². The van der Waals surface area contributed by atoms with Crippen LogP contribution in [0.1, 0.15) is 45.8 Å². The smallest absolute Gasteiger partial charge is 0.234 e. The summed E-state index contributed by atoms with van der Waals surface area (Å²) in [4.78, 5) is 12.3. The van der Waals surface area contributed by atoms with Crippen molar-refractivity contribution >= 4 is 5.91 Å². The molecule has 2 saturated carbocycles. The Morgan fingerprint density at radius 3 is 2.71 bits per heavy atom. The number of hydrogen-bond acceptors (Lipinski definition) is 3. The zero-order valence-electron chi connectivity index (χ0n) is 13.2. The summed E-state index contributed by atoms with van der Waals surface area (Å²) in [6, 6.07) is 3.77. The van der Waals surface area contributed by atoms with Crippen molar-refractivity contribution in [3.63, 3.8) is 0 Å². The van der Waals surface area contributed by atoms with E-state index in [1.54, 1.807) is 6.26 Å². The summed E-state index contributed by atoms with van der Waals surface area (Å²) in [7, 11) is 0. The predicted molar refractivity (Wildman–Crippen MR) is 81.6 cm³/mol. The maximum absolute atomic E-state index is 12.3. The van der Waals surface area contributed by atoms with Crippen LogP contribution in [0.4, 0.5) is 0 Å². The van der Waals surface area contributed by atoms with E-state index in [4.69, 9.17) is 4.42 Å². The van der Waals surface area contributed by atoms with Crippen molar-refractivity contribution in [1.82, 2.24) is 10.6 Å². The van der Waals surface area contributed by atoms with Crippen molar-refractivity contribution in [1.29, 1.82) is 0 Å². The van der Waals surface area contributed by atoms with Crippen molar-refractivity contribution in [2.45, 2.75) is 52.1 Å². The van der Waals surface area contributed by atoms with Crippen LogP contribution in [0.3, 0.4) is 0 Å². The Kier molecular flexibility index (Phi) is 3.60. The van der Waals surface area contributed by atoms with Gasteiger partial charge in [-0.25, -0.2) is 0 Å². The van der Waals surface area contributed by atoms with E-state index in [2.05, 4.69) is 31.4 Å². The van der Waals surface area contributed by atoms with Gasteiger partial charge >= 0.3 is 0 Å². The fourth-order valence-electron chi connectivity index (χ4n) is 4.42. The highest BCUT2D eigenvalue weighted by Crippen LogP contribution is 2.61. The summed E-state index contributed by atoms with van der Waals surface area (Å²) >= 11 is 0. The molecule has 2 N–H and O–H groups in total. The molecule has 1 aromatic rings. The SMILES string of the molecule is CC1(C)[C@H]2CC[C@@H](C2)[C@@]1(C)NC(=O)CNCc1ccco1. The molecule has 3 atom stereocenters. The Hall–Kier alpha value is -1.29. The van der Waals surface area contributed by atoms with Gasteiger partial charge in [0.05, 0.1) is 19.4 Å². The highest BCUT2D eigenvalue weighted by Gasteiger charge is 2.60. The summed E-state index contributed by atoms with van der Waals surface area (Å²) in [5.41, 5.74) is 0.117. The first-order valence-corrected chi connectivity index (χ1v) is 7.97. The maximum atomic E-state index is 12.3. The second-order valence-electron chi connectivity index (χ2n) is 7.36. The van der Waals surface area contributed by atoms with Crippen molar-refractivity contribution in [2.75, 3.05) is 6.54 Å². The number of carbonyl (C=O) groups is 1. The van der Waals surface area contributed by atoms with E-state index in [-0.39, 0.29) is 16.9 Å². The fraction of sp³-hybridized carbons (Fsp3) is 0.706. The molecule has 4 heteroatoms. The normalized spacial score (nSPS) is 33.3. The van der Waals surface area contributed by atoms with Gasteiger partial charge in [-0.2, -0.15) is 0 Å². The predicted octanol–water partition coefficient (Wildman–Crippen LogP) is 2.70. The molecule has 1 amide bonds. The Morgan fingerprint density at radius 2 is 2.10 bits per heavy atom. The fourth-order valence-corrected chi connectivity index (χ4v) is 4.42. The van der Waals surface area contributed by atoms with Gasteiger partial charge in [0, 0.05) is 5.54 Å². The highest BCUT2D eigenvalue weighted by molar-refractivity contribution is 5.79. The minimum atomic E-state index is -0.0701. The average molecular weight is 290 g/mol. The molecule has 116 valence electrons. The lowest BCUT2D eigenvalue weighted by atomic mass is 9.64. The summed E-state index contributed by atoms with van der Waals surface area (Å²) in [6.07, 6.45) is 5.49. The van der Waals surface area contributed by atoms with Crippen molar-refractivity contribution in [2.24, 2.45) is 17.3 Å². The molecule has 2 aliphatic carbocycles. The summed E-state index contributed by atoms with van der Waals surface area (Å²) < 4.78 is 5.25. The van der Waals surface area contributed by atoms with Crippen molar-refractivity contribution in [3.8, 4) is 0 Å². The molecular weight excluding hydrogens is 264 g/mol. The Bertz CT molecular complexity index is 509. The molecule has 21 heavy (non-hydrogen) atoms. The Labute approximate surface area is 126 Å². The quantitative estimate of drug-likeness (QED) is 0.876. The number of nitrogens with one attached hydrogen (secondary N) is 2. The Morgan fingerprint density at radius 1 is 1.33 bits per heavy atom. The zero-order valence-corrected chi connectivity index (χ0v) is 13.2. The van der Waals surface area contributed by atoms with Gasteiger partial charge in [0.1, 0.15) is 5.76 Å². The van der Waals surface area contributed by atoms with Crippen LogP contribution in [0.5, 0.6) is 0 Å². The molecule has 1 heterocycles. The minimum Gasteiger partial charge on any atom is -0.468 e. The summed E-state index contributed by atoms with van der Waals surface area (Å²) in [6.45, 7) is 7.79. The second-order valence-corrected chi connectivity index (χ2v) is 7.36. The van der Waals surface area contributed by atoms with Gasteiger partial charge in [-0.15, -0.1) is 0 Å². The van der Waals surface area contributed by atoms with Crippen molar-refractivity contribution < 1.29 is 9.21 Å². The lowest BCUT2D eigenvalue weighted by Gasteiger charge is -2.48. The van der Waals surface area contributed by atoms with Crippen LogP contribution in [-0.2, 0) is 11.3 Å². The van der Waals surface area contributed by atoms with Gasteiger partial charge in [0.2, 0.25) is 5.91 Å². The van der Waals surface area contributed by atoms with Crippen LogP contribution < -0.4 is 10.6 Å². The van der Waals surface area contributed by atoms with Crippen LogP contribution in [0, 0.1) is 17.3 Å². The van der Waals surface area contributed by atoms with E-state index < -0.39 is 0 Å². The molecule has 0 spiro atoms. The van der Waals surface area contributed by atoms with E-state index in [0.717, 1.165) is 11.7 Å². The van der Waals surface area contributed by atoms with Gasteiger partial charge < -0.3 is 15.1 Å². The number of carbonyl (C=O) groups excluding carboxylic acids is 1. The molecule has 1 aromatic heterocycles. The number of fused-ring (bicyclic) bond motifs is 2. The summed E-state index contributed by atoms with van der Waals surface area (Å²) in [5.74, 6) is 2.33. The first kappa shape index (κ1) is 14.6. The molecule has 0 unspecified atom stereocenters. The van der Waals surface area contributed by atoms with Crippen LogP contribution in [0.2, 0.25) is 0 Å². The van der Waals surface area contributed by atoms with Gasteiger partial charge in [-0.1, -0.05) is 13.8 Å². The largest absolute Gasteiger partial charge is 0.468 e. The molecule has 4 nitrogen and oxygen atoms in total. The lowest BCUT2D eigenvalue weighted by Crippen LogP contribution is -2.60. The molecule has 0 aliphatic heterocycles. The first-order valence-electron chi connectivity index (χ1n) is 7.97. The van der Waals surface area contributed by atoms with E-state index in [9.17, 15) is 4.79 Å². The standard InChI is InChI=1S/C17H26N2O2/c1-16(2)12-6-7-13(9-12)17(16,3)19-15(20)11-18-10-14-5-4-8-21-14/h4-5,8,12-13,18H,6-7,9-11H2,1-3H3,(H,19,20)/t12-,13-,17+/m0/s1. The van der Waals surface area contributed by atoms with Crippen LogP contribution in [0.25, 0.3) is 0 Å². The van der Waals surface area contributed by atoms with E-state index in [1.165, 1.54) is 19.3 Å². The maximum Gasteiger partial charge on any atom is 0.234 e. The molecule has 2 bridgehead atoms. The highest BCUT2D eigenvalue weighted by atomic mass is 16.3. The first-order chi connectivity index (χ1) is 9.93. The molecule has 3 rings (SSSR count). The van der Waals surface area contributed by atoms with E-state index >= 15 is 0 Å². The van der Waals surface area contributed by atoms with Crippen molar-refractivity contribution in [3.05, 3.63) is 24.2 Å². The third kappa shape index (κ3) is 2.39. The monoisotopic (exact) mass is 290 g/mol. The topological polar surface area (TPSA) is 54.3 Å². The number of hydrogen-bond donors (Lipinski definition) is 2. The molecule has 0 aromatic carbocycles. The van der Waals surface area contributed by atoms with Gasteiger partial charge in [0.25, 0.3) is 0 Å². The van der Waals surface area contributed by atoms with Gasteiger partial charge in [-0.3, -0.25) is 4.79 Å². The molecule has 0 radical (unpaired) electrons. The number of amides is 1. The average Bonchev–Trinajstić information content (AvgIpc) is 3.11. The van der Waals surface area contributed by atoms with Crippen LogP contribution in [0.15, 0.2) is 22.8 Å². The molecular formula is C17H26N2O2. The van der Waals surface area contributed by atoms with E-state index in [0.29, 0.717) is 19.0 Å². The van der Waals surface area contributed by atoms with Gasteiger partial charge in [-0.05, 0) is 55.6 Å². The number of rotatable bonds is 5. The second kappa shape index (κ2) is 5.16. The number of furan rings is 1. The summed E-state index contributed by atoms with van der Waals surface area (Å²) in [5, 5.41) is 6.47. The third-order valence-electron chi connectivity index (χ3n) is 6.17. The molecule has 0 saturated heterocycles. The lowest BCUT2D eigenvalue weighted by molar-refractivity contribution is -0.124. The van der Waals surface area contributed by atoms with Crippen LogP contribution in [-0.4, -0.2) is 18.0 Å².